The molecule has 2 aromatic carbocycles. The Hall–Kier alpha value is -1.86. The average molecular weight is 301 g/mol. The number of rotatable bonds is 5. The second kappa shape index (κ2) is 7.24. The number of halogens is 1. The van der Waals surface area contributed by atoms with Crippen LogP contribution >= 0.6 is 11.6 Å². The minimum Gasteiger partial charge on any atom is -0.387 e. The summed E-state index contributed by atoms with van der Waals surface area (Å²) in [5.74, 6) is 0. The van der Waals surface area contributed by atoms with E-state index in [1.54, 1.807) is 24.3 Å². The van der Waals surface area contributed by atoms with Gasteiger partial charge >= 0.3 is 0 Å². The monoisotopic (exact) mass is 300 g/mol. The fourth-order valence-electron chi connectivity index (χ4n) is 2.06. The third-order valence-corrected chi connectivity index (χ3v) is 3.66. The fourth-order valence-corrected chi connectivity index (χ4v) is 2.18. The van der Waals surface area contributed by atoms with E-state index in [1.165, 1.54) is 0 Å². The van der Waals surface area contributed by atoms with Crippen LogP contribution in [0.4, 0.5) is 0 Å². The van der Waals surface area contributed by atoms with E-state index in [9.17, 15) is 5.11 Å². The number of hydrogen-bond donors (Lipinski definition) is 2. The van der Waals surface area contributed by atoms with Gasteiger partial charge < -0.3 is 10.4 Å². The van der Waals surface area contributed by atoms with E-state index in [-0.39, 0.29) is 6.04 Å². The first-order valence-corrected chi connectivity index (χ1v) is 7.15. The van der Waals surface area contributed by atoms with Crippen molar-refractivity contribution in [2.45, 2.75) is 19.1 Å². The number of nitrogens with zero attached hydrogens (tertiary/aromatic N) is 1. The fraction of sp³-hybridized carbons (Fsp3) is 0.235. The van der Waals surface area contributed by atoms with E-state index in [1.807, 2.05) is 31.2 Å². The van der Waals surface area contributed by atoms with Gasteiger partial charge in [-0.15, -0.1) is 0 Å². The van der Waals surface area contributed by atoms with Crippen LogP contribution in [0.2, 0.25) is 5.02 Å². The molecular weight excluding hydrogens is 284 g/mol. The normalized spacial score (nSPS) is 13.4. The zero-order valence-electron chi connectivity index (χ0n) is 11.8. The van der Waals surface area contributed by atoms with Crippen LogP contribution in [-0.4, -0.2) is 11.7 Å². The maximum absolute atomic E-state index is 10.2. The first-order chi connectivity index (χ1) is 10.1. The van der Waals surface area contributed by atoms with Gasteiger partial charge in [-0.05, 0) is 42.3 Å². The molecule has 0 aliphatic heterocycles. The number of hydrogen-bond acceptors (Lipinski definition) is 3. The lowest BCUT2D eigenvalue weighted by Crippen LogP contribution is -2.24. The van der Waals surface area contributed by atoms with Crippen LogP contribution in [0.1, 0.15) is 35.8 Å². The molecule has 0 radical (unpaired) electrons. The number of benzene rings is 2. The summed E-state index contributed by atoms with van der Waals surface area (Å²) in [4.78, 5) is 0. The van der Waals surface area contributed by atoms with Crippen molar-refractivity contribution in [1.82, 2.24) is 5.32 Å². The molecule has 0 spiro atoms. The van der Waals surface area contributed by atoms with Gasteiger partial charge in [0, 0.05) is 17.6 Å². The number of nitriles is 1. The highest BCUT2D eigenvalue weighted by Gasteiger charge is 2.10. The predicted octanol–water partition coefficient (Wildman–Crippen LogP) is 3.60. The molecule has 2 rings (SSSR count). The molecule has 0 aromatic heterocycles. The second-order valence-electron chi connectivity index (χ2n) is 4.93. The van der Waals surface area contributed by atoms with Gasteiger partial charge in [0.25, 0.3) is 0 Å². The smallest absolute Gasteiger partial charge is 0.0991 e. The number of aliphatic hydroxyl groups excluding tert-OH is 1. The van der Waals surface area contributed by atoms with Crippen LogP contribution in [0.5, 0.6) is 0 Å². The minimum atomic E-state index is -0.604. The Morgan fingerprint density at radius 1 is 1.10 bits per heavy atom. The summed E-state index contributed by atoms with van der Waals surface area (Å²) < 4.78 is 0. The molecule has 3 nitrogen and oxygen atoms in total. The molecule has 0 heterocycles. The molecular formula is C17H17ClN2O. The molecule has 0 aliphatic rings. The van der Waals surface area contributed by atoms with E-state index in [0.717, 1.165) is 11.1 Å². The molecule has 2 N–H and O–H groups in total. The highest BCUT2D eigenvalue weighted by atomic mass is 35.5. The Morgan fingerprint density at radius 2 is 1.67 bits per heavy atom. The van der Waals surface area contributed by atoms with Crippen molar-refractivity contribution in [2.24, 2.45) is 0 Å². The summed E-state index contributed by atoms with van der Waals surface area (Å²) in [6.45, 7) is 2.48. The zero-order valence-corrected chi connectivity index (χ0v) is 12.5. The SMILES string of the molecule is C[C@@H](NCC(O)c1ccc(C#N)cc1)c1ccc(Cl)cc1. The van der Waals surface area contributed by atoms with Gasteiger partial charge in [0.2, 0.25) is 0 Å². The lowest BCUT2D eigenvalue weighted by molar-refractivity contribution is 0.171. The van der Waals surface area contributed by atoms with Crippen molar-refractivity contribution in [3.05, 3.63) is 70.2 Å². The minimum absolute atomic E-state index is 0.121. The summed E-state index contributed by atoms with van der Waals surface area (Å²) in [5.41, 5.74) is 2.50. The molecule has 21 heavy (non-hydrogen) atoms. The zero-order chi connectivity index (χ0) is 15.2. The second-order valence-corrected chi connectivity index (χ2v) is 5.37. The molecule has 0 saturated heterocycles. The summed E-state index contributed by atoms with van der Waals surface area (Å²) in [6.07, 6.45) is -0.604. The first-order valence-electron chi connectivity index (χ1n) is 6.77. The quantitative estimate of drug-likeness (QED) is 0.887. The molecule has 4 heteroatoms. The third-order valence-electron chi connectivity index (χ3n) is 3.41. The molecule has 1 unspecified atom stereocenters. The summed E-state index contributed by atoms with van der Waals surface area (Å²) >= 11 is 5.87. The van der Waals surface area contributed by atoms with Gasteiger partial charge in [-0.3, -0.25) is 0 Å². The first kappa shape index (κ1) is 15.5. The van der Waals surface area contributed by atoms with E-state index in [2.05, 4.69) is 11.4 Å². The Kier molecular flexibility index (Phi) is 5.35. The summed E-state index contributed by atoms with van der Waals surface area (Å²) in [6, 6.07) is 16.8. The molecule has 2 atom stereocenters. The topological polar surface area (TPSA) is 56.0 Å². The molecule has 0 bridgehead atoms. The van der Waals surface area contributed by atoms with Gasteiger partial charge in [0.15, 0.2) is 0 Å². The van der Waals surface area contributed by atoms with Gasteiger partial charge in [-0.25, -0.2) is 0 Å². The largest absolute Gasteiger partial charge is 0.387 e. The van der Waals surface area contributed by atoms with E-state index in [0.29, 0.717) is 17.1 Å². The van der Waals surface area contributed by atoms with Crippen LogP contribution in [0.25, 0.3) is 0 Å². The van der Waals surface area contributed by atoms with Crippen LogP contribution in [0, 0.1) is 11.3 Å². The lowest BCUT2D eigenvalue weighted by Gasteiger charge is -2.18. The Balaban J connectivity index is 1.92. The van der Waals surface area contributed by atoms with Crippen LogP contribution in [-0.2, 0) is 0 Å². The summed E-state index contributed by atoms with van der Waals surface area (Å²) in [5, 5.41) is 22.9. The van der Waals surface area contributed by atoms with Crippen LogP contribution in [0.15, 0.2) is 48.5 Å². The van der Waals surface area contributed by atoms with Crippen molar-refractivity contribution in [2.75, 3.05) is 6.54 Å². The van der Waals surface area contributed by atoms with E-state index < -0.39 is 6.10 Å². The van der Waals surface area contributed by atoms with Crippen molar-refractivity contribution in [1.29, 1.82) is 5.26 Å². The van der Waals surface area contributed by atoms with Crippen LogP contribution in [0.3, 0.4) is 0 Å². The maximum atomic E-state index is 10.2. The molecule has 0 saturated carbocycles. The number of aliphatic hydroxyl groups is 1. The average Bonchev–Trinajstić information content (AvgIpc) is 2.53. The predicted molar refractivity (Wildman–Crippen MR) is 84.0 cm³/mol. The third kappa shape index (κ3) is 4.30. The lowest BCUT2D eigenvalue weighted by atomic mass is 10.1. The highest BCUT2D eigenvalue weighted by Crippen LogP contribution is 2.18. The number of nitrogens with one attached hydrogen (secondary N) is 1. The highest BCUT2D eigenvalue weighted by molar-refractivity contribution is 6.30. The maximum Gasteiger partial charge on any atom is 0.0991 e. The molecule has 0 amide bonds. The van der Waals surface area contributed by atoms with E-state index in [4.69, 9.17) is 16.9 Å². The van der Waals surface area contributed by atoms with Gasteiger partial charge in [-0.2, -0.15) is 5.26 Å². The Bertz CT molecular complexity index is 617. The molecule has 108 valence electrons. The molecule has 0 fully saturated rings. The van der Waals surface area contributed by atoms with Gasteiger partial charge in [0.05, 0.1) is 17.7 Å². The van der Waals surface area contributed by atoms with E-state index >= 15 is 0 Å². The van der Waals surface area contributed by atoms with Gasteiger partial charge in [-0.1, -0.05) is 35.9 Å². The molecule has 0 aliphatic carbocycles. The van der Waals surface area contributed by atoms with Crippen molar-refractivity contribution < 1.29 is 5.11 Å². The summed E-state index contributed by atoms with van der Waals surface area (Å²) in [7, 11) is 0. The Morgan fingerprint density at radius 3 is 2.24 bits per heavy atom. The molecule has 2 aromatic rings. The van der Waals surface area contributed by atoms with Crippen molar-refractivity contribution in [3.63, 3.8) is 0 Å². The van der Waals surface area contributed by atoms with Crippen molar-refractivity contribution >= 4 is 11.6 Å². The van der Waals surface area contributed by atoms with Crippen LogP contribution < -0.4 is 5.32 Å². The standard InChI is InChI=1S/C17H17ClN2O/c1-12(14-6-8-16(18)9-7-14)20-11-17(21)15-4-2-13(10-19)3-5-15/h2-9,12,17,20-21H,11H2,1H3/t12-,17?/m1/s1. The Labute approximate surface area is 129 Å². The van der Waals surface area contributed by atoms with Gasteiger partial charge in [0.1, 0.15) is 0 Å². The van der Waals surface area contributed by atoms with Crippen molar-refractivity contribution in [3.8, 4) is 6.07 Å².